The minimum atomic E-state index is -0.281. The fourth-order valence-corrected chi connectivity index (χ4v) is 2.97. The largest absolute Gasteiger partial charge is 0.394 e. The van der Waals surface area contributed by atoms with Gasteiger partial charge in [-0.3, -0.25) is 0 Å². The van der Waals surface area contributed by atoms with E-state index in [-0.39, 0.29) is 24.8 Å². The van der Waals surface area contributed by atoms with Crippen LogP contribution in [0.4, 0.5) is 4.79 Å². The minimum absolute atomic E-state index is 0.000813. The molecule has 2 amide bonds. The van der Waals surface area contributed by atoms with E-state index in [2.05, 4.69) is 38.2 Å². The Kier molecular flexibility index (Phi) is 6.42. The molecule has 1 aliphatic heterocycles. The van der Waals surface area contributed by atoms with E-state index in [1.807, 2.05) is 12.1 Å². The van der Waals surface area contributed by atoms with Crippen molar-refractivity contribution in [2.24, 2.45) is 5.92 Å². The summed E-state index contributed by atoms with van der Waals surface area (Å²) < 4.78 is 5.41. The summed E-state index contributed by atoms with van der Waals surface area (Å²) in [5.74, 6) is 0.481. The van der Waals surface area contributed by atoms with E-state index in [4.69, 9.17) is 4.74 Å². The maximum Gasteiger partial charge on any atom is 0.318 e. The van der Waals surface area contributed by atoms with Crippen LogP contribution in [-0.2, 0) is 4.74 Å². The van der Waals surface area contributed by atoms with E-state index in [9.17, 15) is 9.90 Å². The smallest absolute Gasteiger partial charge is 0.318 e. The molecule has 1 aromatic rings. The van der Waals surface area contributed by atoms with Gasteiger partial charge in [-0.25, -0.2) is 4.79 Å². The van der Waals surface area contributed by atoms with E-state index >= 15 is 0 Å². The number of urea groups is 1. The summed E-state index contributed by atoms with van der Waals surface area (Å²) in [6.07, 6.45) is 0.612. The molecule has 2 atom stereocenters. The second-order valence-electron chi connectivity index (χ2n) is 6.61. The molecule has 2 rings (SSSR count). The maximum absolute atomic E-state index is 12.6. The van der Waals surface area contributed by atoms with Gasteiger partial charge in [0.1, 0.15) is 0 Å². The number of aliphatic hydroxyl groups excluding tert-OH is 1. The van der Waals surface area contributed by atoms with Crippen LogP contribution in [0.3, 0.4) is 0 Å². The number of rotatable bonds is 5. The number of morpholine rings is 1. The van der Waals surface area contributed by atoms with Crippen LogP contribution in [0.25, 0.3) is 0 Å². The summed E-state index contributed by atoms with van der Waals surface area (Å²) in [6.45, 7) is 7.80. The van der Waals surface area contributed by atoms with Gasteiger partial charge < -0.3 is 20.1 Å². The van der Waals surface area contributed by atoms with Crippen molar-refractivity contribution in [3.05, 3.63) is 35.4 Å². The van der Waals surface area contributed by atoms with E-state index in [0.717, 1.165) is 6.42 Å². The highest BCUT2D eigenvalue weighted by atomic mass is 16.5. The number of hydrogen-bond acceptors (Lipinski definition) is 3. The average molecular weight is 320 g/mol. The van der Waals surface area contributed by atoms with Gasteiger partial charge in [-0.2, -0.15) is 0 Å². The molecule has 0 saturated carbocycles. The van der Waals surface area contributed by atoms with Gasteiger partial charge in [0.15, 0.2) is 0 Å². The first kappa shape index (κ1) is 17.8. The number of nitrogens with zero attached hydrogens (tertiary/aromatic N) is 1. The van der Waals surface area contributed by atoms with Crippen molar-refractivity contribution in [2.75, 3.05) is 26.3 Å². The molecule has 0 aliphatic carbocycles. The lowest BCUT2D eigenvalue weighted by Crippen LogP contribution is -2.51. The molecule has 1 aromatic carbocycles. The number of hydrogen-bond donors (Lipinski definition) is 2. The van der Waals surface area contributed by atoms with Crippen molar-refractivity contribution < 1.29 is 14.6 Å². The van der Waals surface area contributed by atoms with Gasteiger partial charge in [0.05, 0.1) is 31.9 Å². The van der Waals surface area contributed by atoms with Crippen molar-refractivity contribution in [1.29, 1.82) is 0 Å². The lowest BCUT2D eigenvalue weighted by atomic mass is 9.94. The normalized spacial score (nSPS) is 19.7. The second kappa shape index (κ2) is 8.31. The van der Waals surface area contributed by atoms with Crippen molar-refractivity contribution >= 4 is 6.03 Å². The summed E-state index contributed by atoms with van der Waals surface area (Å²) in [7, 11) is 0. The van der Waals surface area contributed by atoms with Gasteiger partial charge in [0, 0.05) is 6.54 Å². The van der Waals surface area contributed by atoms with Crippen LogP contribution in [0.1, 0.15) is 37.4 Å². The van der Waals surface area contributed by atoms with Gasteiger partial charge in [-0.1, -0.05) is 38.1 Å². The number of ether oxygens (including phenoxy) is 1. The molecule has 23 heavy (non-hydrogen) atoms. The molecule has 1 saturated heterocycles. The Bertz CT molecular complexity index is 519. The van der Waals surface area contributed by atoms with Gasteiger partial charge in [0.2, 0.25) is 0 Å². The van der Waals surface area contributed by atoms with Crippen LogP contribution in [-0.4, -0.2) is 48.4 Å². The van der Waals surface area contributed by atoms with Crippen LogP contribution >= 0.6 is 0 Å². The van der Waals surface area contributed by atoms with E-state index < -0.39 is 0 Å². The first-order valence-corrected chi connectivity index (χ1v) is 8.34. The highest BCUT2D eigenvalue weighted by Crippen LogP contribution is 2.24. The lowest BCUT2D eigenvalue weighted by molar-refractivity contribution is -0.0405. The fraction of sp³-hybridized carbons (Fsp3) is 0.611. The molecule has 5 nitrogen and oxygen atoms in total. The number of nitrogens with one attached hydrogen (secondary N) is 1. The summed E-state index contributed by atoms with van der Waals surface area (Å²) in [6, 6.07) is 8.10. The first-order chi connectivity index (χ1) is 11.0. The summed E-state index contributed by atoms with van der Waals surface area (Å²) in [5.41, 5.74) is 2.36. The summed E-state index contributed by atoms with van der Waals surface area (Å²) >= 11 is 0. The molecule has 0 aromatic heterocycles. The molecule has 0 spiro atoms. The van der Waals surface area contributed by atoms with E-state index in [1.165, 1.54) is 11.1 Å². The van der Waals surface area contributed by atoms with Crippen LogP contribution in [0.15, 0.2) is 24.3 Å². The molecule has 128 valence electrons. The molecule has 5 heteroatoms. The molecule has 2 N–H and O–H groups in total. The van der Waals surface area contributed by atoms with Gasteiger partial charge in [0.25, 0.3) is 0 Å². The molecule has 0 bridgehead atoms. The van der Waals surface area contributed by atoms with Crippen molar-refractivity contribution in [2.45, 2.75) is 39.3 Å². The van der Waals surface area contributed by atoms with Crippen LogP contribution < -0.4 is 5.32 Å². The van der Waals surface area contributed by atoms with Crippen molar-refractivity contribution in [1.82, 2.24) is 10.2 Å². The van der Waals surface area contributed by atoms with Crippen LogP contribution in [0.2, 0.25) is 0 Å². The number of carbonyl (C=O) groups excluding carboxylic acids is 1. The Labute approximate surface area is 138 Å². The number of aliphatic hydroxyl groups is 1. The Morgan fingerprint density at radius 1 is 1.43 bits per heavy atom. The zero-order valence-electron chi connectivity index (χ0n) is 14.3. The molecule has 1 aliphatic rings. The monoisotopic (exact) mass is 320 g/mol. The highest BCUT2D eigenvalue weighted by Gasteiger charge is 2.26. The van der Waals surface area contributed by atoms with Crippen LogP contribution in [0.5, 0.6) is 0 Å². The predicted octanol–water partition coefficient (Wildman–Crippen LogP) is 2.48. The zero-order chi connectivity index (χ0) is 16.8. The van der Waals surface area contributed by atoms with Gasteiger partial charge in [-0.05, 0) is 30.4 Å². The SMILES string of the molecule is Cc1ccccc1[C@@H](CC(C)C)NC(=O)N1CCO[C@H](CO)C1. The molecular formula is C18H28N2O3. The Balaban J connectivity index is 2.08. The van der Waals surface area contributed by atoms with Crippen molar-refractivity contribution in [3.8, 4) is 0 Å². The molecular weight excluding hydrogens is 292 g/mol. The topological polar surface area (TPSA) is 61.8 Å². The van der Waals surface area contributed by atoms with Crippen LogP contribution in [0, 0.1) is 12.8 Å². The molecule has 0 radical (unpaired) electrons. The third-order valence-corrected chi connectivity index (χ3v) is 4.20. The Morgan fingerprint density at radius 2 is 2.17 bits per heavy atom. The number of benzene rings is 1. The molecule has 1 fully saturated rings. The van der Waals surface area contributed by atoms with Crippen molar-refractivity contribution in [3.63, 3.8) is 0 Å². The third kappa shape index (κ3) is 4.94. The lowest BCUT2D eigenvalue weighted by Gasteiger charge is -2.34. The van der Waals surface area contributed by atoms with E-state index in [0.29, 0.717) is 25.6 Å². The Morgan fingerprint density at radius 3 is 2.83 bits per heavy atom. The predicted molar refractivity (Wildman–Crippen MR) is 90.3 cm³/mol. The molecule has 0 unspecified atom stereocenters. The number of carbonyl (C=O) groups is 1. The second-order valence-corrected chi connectivity index (χ2v) is 6.61. The fourth-order valence-electron chi connectivity index (χ4n) is 2.97. The average Bonchev–Trinajstić information content (AvgIpc) is 2.54. The Hall–Kier alpha value is -1.59. The quantitative estimate of drug-likeness (QED) is 0.876. The van der Waals surface area contributed by atoms with Gasteiger partial charge >= 0.3 is 6.03 Å². The summed E-state index contributed by atoms with van der Waals surface area (Å²) in [4.78, 5) is 14.3. The maximum atomic E-state index is 12.6. The first-order valence-electron chi connectivity index (χ1n) is 8.34. The number of amides is 2. The van der Waals surface area contributed by atoms with E-state index in [1.54, 1.807) is 4.90 Å². The molecule has 1 heterocycles. The summed E-state index contributed by atoms with van der Waals surface area (Å²) in [5, 5.41) is 12.4. The third-order valence-electron chi connectivity index (χ3n) is 4.20. The minimum Gasteiger partial charge on any atom is -0.394 e. The zero-order valence-corrected chi connectivity index (χ0v) is 14.3. The highest BCUT2D eigenvalue weighted by molar-refractivity contribution is 5.75. The number of aryl methyl sites for hydroxylation is 1. The standard InChI is InChI=1S/C18H28N2O3/c1-13(2)10-17(16-7-5-4-6-14(16)3)19-18(22)20-8-9-23-15(11-20)12-21/h4-7,13,15,17,21H,8-12H2,1-3H3,(H,19,22)/t15-,17+/m0/s1. The van der Waals surface area contributed by atoms with Gasteiger partial charge in [-0.15, -0.1) is 0 Å².